The number of carbonyl (C=O) groups excluding carboxylic acids is 1. The molecule has 4 heteroatoms. The molecular formula is C13H27N3O. The molecular weight excluding hydrogens is 214 g/mol. The second kappa shape index (κ2) is 7.67. The second-order valence-corrected chi connectivity index (χ2v) is 5.44. The van der Waals surface area contributed by atoms with Crippen molar-refractivity contribution < 1.29 is 4.79 Å². The Morgan fingerprint density at radius 2 is 2.24 bits per heavy atom. The highest BCUT2D eigenvalue weighted by molar-refractivity contribution is 5.77. The van der Waals surface area contributed by atoms with Crippen LogP contribution in [-0.2, 0) is 4.79 Å². The summed E-state index contributed by atoms with van der Waals surface area (Å²) in [5.74, 6) is 0.870. The van der Waals surface area contributed by atoms with Crippen LogP contribution in [0.1, 0.15) is 33.1 Å². The highest BCUT2D eigenvalue weighted by atomic mass is 16.1. The van der Waals surface area contributed by atoms with Gasteiger partial charge in [-0.25, -0.2) is 0 Å². The fourth-order valence-electron chi connectivity index (χ4n) is 2.28. The minimum Gasteiger partial charge on any atom is -0.355 e. The van der Waals surface area contributed by atoms with E-state index in [1.165, 1.54) is 25.9 Å². The van der Waals surface area contributed by atoms with Crippen LogP contribution < -0.4 is 10.6 Å². The smallest absolute Gasteiger partial charge is 0.233 e. The van der Waals surface area contributed by atoms with Gasteiger partial charge >= 0.3 is 0 Å². The predicted molar refractivity (Wildman–Crippen MR) is 71.0 cm³/mol. The third-order valence-electron chi connectivity index (χ3n) is 3.27. The van der Waals surface area contributed by atoms with Gasteiger partial charge in [-0.1, -0.05) is 13.8 Å². The molecule has 1 aliphatic rings. The molecule has 1 saturated heterocycles. The van der Waals surface area contributed by atoms with E-state index in [0.717, 1.165) is 18.9 Å². The van der Waals surface area contributed by atoms with E-state index in [4.69, 9.17) is 0 Å². The number of amides is 1. The molecule has 1 unspecified atom stereocenters. The van der Waals surface area contributed by atoms with Crippen LogP contribution in [0.5, 0.6) is 0 Å². The van der Waals surface area contributed by atoms with Crippen molar-refractivity contribution in [2.75, 3.05) is 33.2 Å². The van der Waals surface area contributed by atoms with Crippen LogP contribution in [-0.4, -0.2) is 50.1 Å². The highest BCUT2D eigenvalue weighted by Crippen LogP contribution is 2.17. The molecule has 17 heavy (non-hydrogen) atoms. The summed E-state index contributed by atoms with van der Waals surface area (Å²) in [5, 5.41) is 6.10. The molecule has 1 rings (SSSR count). The summed E-state index contributed by atoms with van der Waals surface area (Å²) < 4.78 is 0. The standard InChI is InChI=1S/C13H27N3O/c1-11(2)15-9-13(17)14-7-6-12-5-4-8-16(3)10-12/h11-12,15H,4-10H2,1-3H3,(H,14,17). The number of hydrogen-bond acceptors (Lipinski definition) is 3. The number of likely N-dealkylation sites (tertiary alicyclic amines) is 1. The number of nitrogens with zero attached hydrogens (tertiary/aromatic N) is 1. The monoisotopic (exact) mass is 241 g/mol. The lowest BCUT2D eigenvalue weighted by atomic mass is 9.95. The van der Waals surface area contributed by atoms with Crippen LogP contribution in [0.3, 0.4) is 0 Å². The van der Waals surface area contributed by atoms with Crippen LogP contribution in [0.2, 0.25) is 0 Å². The van der Waals surface area contributed by atoms with Gasteiger partial charge in [0.05, 0.1) is 6.54 Å². The minimum absolute atomic E-state index is 0.114. The Kier molecular flexibility index (Phi) is 6.52. The van der Waals surface area contributed by atoms with E-state index in [2.05, 4.69) is 22.6 Å². The van der Waals surface area contributed by atoms with Crippen molar-refractivity contribution in [1.82, 2.24) is 15.5 Å². The average Bonchev–Trinajstić information content (AvgIpc) is 2.26. The van der Waals surface area contributed by atoms with Crippen LogP contribution in [0.4, 0.5) is 0 Å². The van der Waals surface area contributed by atoms with Crippen LogP contribution in [0.15, 0.2) is 0 Å². The first kappa shape index (κ1) is 14.5. The van der Waals surface area contributed by atoms with E-state index in [0.29, 0.717) is 12.6 Å². The maximum atomic E-state index is 11.5. The van der Waals surface area contributed by atoms with Crippen molar-refractivity contribution in [2.45, 2.75) is 39.2 Å². The van der Waals surface area contributed by atoms with Crippen molar-refractivity contribution in [3.63, 3.8) is 0 Å². The van der Waals surface area contributed by atoms with Crippen LogP contribution in [0.25, 0.3) is 0 Å². The van der Waals surface area contributed by atoms with Gasteiger partial charge in [0.1, 0.15) is 0 Å². The lowest BCUT2D eigenvalue weighted by molar-refractivity contribution is -0.120. The van der Waals surface area contributed by atoms with Gasteiger partial charge in [-0.15, -0.1) is 0 Å². The molecule has 0 aromatic heterocycles. The van der Waals surface area contributed by atoms with E-state index in [1.807, 2.05) is 13.8 Å². The van der Waals surface area contributed by atoms with E-state index in [9.17, 15) is 4.79 Å². The number of piperidine rings is 1. The SMILES string of the molecule is CC(C)NCC(=O)NCCC1CCCN(C)C1. The molecule has 1 aliphatic heterocycles. The molecule has 0 spiro atoms. The highest BCUT2D eigenvalue weighted by Gasteiger charge is 2.16. The van der Waals surface area contributed by atoms with E-state index in [-0.39, 0.29) is 5.91 Å². The molecule has 4 nitrogen and oxygen atoms in total. The number of carbonyl (C=O) groups is 1. The van der Waals surface area contributed by atoms with Gasteiger partial charge < -0.3 is 15.5 Å². The summed E-state index contributed by atoms with van der Waals surface area (Å²) in [4.78, 5) is 13.9. The Morgan fingerprint density at radius 1 is 1.47 bits per heavy atom. The summed E-state index contributed by atoms with van der Waals surface area (Å²) >= 11 is 0. The van der Waals surface area contributed by atoms with Crippen molar-refractivity contribution in [3.8, 4) is 0 Å². The molecule has 1 atom stereocenters. The Morgan fingerprint density at radius 3 is 2.88 bits per heavy atom. The van der Waals surface area contributed by atoms with Gasteiger partial charge in [-0.3, -0.25) is 4.79 Å². The first-order valence-corrected chi connectivity index (χ1v) is 6.76. The molecule has 0 aromatic rings. The topological polar surface area (TPSA) is 44.4 Å². The minimum atomic E-state index is 0.114. The van der Waals surface area contributed by atoms with Gasteiger partial charge in [-0.2, -0.15) is 0 Å². The Bertz CT molecular complexity index is 231. The fraction of sp³-hybridized carbons (Fsp3) is 0.923. The Hall–Kier alpha value is -0.610. The average molecular weight is 241 g/mol. The summed E-state index contributed by atoms with van der Waals surface area (Å²) in [6, 6.07) is 0.368. The maximum Gasteiger partial charge on any atom is 0.233 e. The van der Waals surface area contributed by atoms with Gasteiger partial charge in [0.15, 0.2) is 0 Å². The maximum absolute atomic E-state index is 11.5. The third kappa shape index (κ3) is 6.64. The summed E-state index contributed by atoms with van der Waals surface area (Å²) in [6.45, 7) is 7.75. The first-order chi connectivity index (χ1) is 8.08. The van der Waals surface area contributed by atoms with Crippen LogP contribution >= 0.6 is 0 Å². The molecule has 2 N–H and O–H groups in total. The molecule has 0 saturated carbocycles. The van der Waals surface area contributed by atoms with Gasteiger partial charge in [0, 0.05) is 19.1 Å². The second-order valence-electron chi connectivity index (χ2n) is 5.44. The number of rotatable bonds is 6. The zero-order chi connectivity index (χ0) is 12.7. The molecule has 1 heterocycles. The Balaban J connectivity index is 2.04. The number of hydrogen-bond donors (Lipinski definition) is 2. The van der Waals surface area contributed by atoms with E-state index in [1.54, 1.807) is 0 Å². The molecule has 1 amide bonds. The fourth-order valence-corrected chi connectivity index (χ4v) is 2.28. The summed E-state index contributed by atoms with van der Waals surface area (Å²) in [5.41, 5.74) is 0. The quantitative estimate of drug-likeness (QED) is 0.724. The lowest BCUT2D eigenvalue weighted by Gasteiger charge is -2.29. The third-order valence-corrected chi connectivity index (χ3v) is 3.27. The zero-order valence-corrected chi connectivity index (χ0v) is 11.5. The molecule has 0 radical (unpaired) electrons. The van der Waals surface area contributed by atoms with E-state index < -0.39 is 0 Å². The van der Waals surface area contributed by atoms with E-state index >= 15 is 0 Å². The Labute approximate surface area is 105 Å². The molecule has 0 aromatic carbocycles. The van der Waals surface area contributed by atoms with Crippen molar-refractivity contribution in [3.05, 3.63) is 0 Å². The largest absolute Gasteiger partial charge is 0.355 e. The lowest BCUT2D eigenvalue weighted by Crippen LogP contribution is -2.39. The molecule has 0 bridgehead atoms. The van der Waals surface area contributed by atoms with Gasteiger partial charge in [0.25, 0.3) is 0 Å². The predicted octanol–water partition coefficient (Wildman–Crippen LogP) is 0.833. The molecule has 0 aliphatic carbocycles. The normalized spacial score (nSPS) is 21.8. The molecule has 100 valence electrons. The van der Waals surface area contributed by atoms with Gasteiger partial charge in [0.2, 0.25) is 5.91 Å². The number of nitrogens with one attached hydrogen (secondary N) is 2. The molecule has 1 fully saturated rings. The van der Waals surface area contributed by atoms with Crippen molar-refractivity contribution >= 4 is 5.91 Å². The van der Waals surface area contributed by atoms with Gasteiger partial charge in [-0.05, 0) is 38.8 Å². The summed E-state index contributed by atoms with van der Waals surface area (Å²) in [7, 11) is 2.18. The van der Waals surface area contributed by atoms with Crippen molar-refractivity contribution in [1.29, 1.82) is 0 Å². The summed E-state index contributed by atoms with van der Waals surface area (Å²) in [6.07, 6.45) is 3.71. The first-order valence-electron chi connectivity index (χ1n) is 6.76. The zero-order valence-electron chi connectivity index (χ0n) is 11.5. The van der Waals surface area contributed by atoms with Crippen LogP contribution in [0, 0.1) is 5.92 Å². The van der Waals surface area contributed by atoms with Crippen molar-refractivity contribution in [2.24, 2.45) is 5.92 Å².